The van der Waals surface area contributed by atoms with Crippen molar-refractivity contribution >= 4 is 5.97 Å². The number of carboxylic acids is 1. The van der Waals surface area contributed by atoms with Crippen LogP contribution < -0.4 is 4.74 Å². The molecule has 0 radical (unpaired) electrons. The highest BCUT2D eigenvalue weighted by Crippen LogP contribution is 2.32. The Morgan fingerprint density at radius 1 is 1.33 bits per heavy atom. The number of carbonyl (C=O) groups is 1. The SMILES string of the molecule is COc1ccc(C(=O)O)cc1-c1ccncc1F. The second-order valence-corrected chi connectivity index (χ2v) is 3.58. The molecule has 0 amide bonds. The van der Waals surface area contributed by atoms with Crippen molar-refractivity contribution in [1.29, 1.82) is 0 Å². The number of methoxy groups -OCH3 is 1. The maximum Gasteiger partial charge on any atom is 0.335 e. The first-order valence-electron chi connectivity index (χ1n) is 5.14. The van der Waals surface area contributed by atoms with Gasteiger partial charge >= 0.3 is 5.97 Å². The van der Waals surface area contributed by atoms with Gasteiger partial charge in [-0.2, -0.15) is 0 Å². The number of benzene rings is 1. The van der Waals surface area contributed by atoms with Crippen LogP contribution in [0.3, 0.4) is 0 Å². The molecule has 2 rings (SSSR count). The van der Waals surface area contributed by atoms with Crippen LogP contribution in [0.1, 0.15) is 10.4 Å². The van der Waals surface area contributed by atoms with E-state index in [4.69, 9.17) is 9.84 Å². The fraction of sp³-hybridized carbons (Fsp3) is 0.0769. The summed E-state index contributed by atoms with van der Waals surface area (Å²) in [6.45, 7) is 0. The number of rotatable bonds is 3. The molecule has 18 heavy (non-hydrogen) atoms. The summed E-state index contributed by atoms with van der Waals surface area (Å²) in [5.74, 6) is -1.20. The van der Waals surface area contributed by atoms with Crippen LogP contribution in [0.2, 0.25) is 0 Å². The maximum absolute atomic E-state index is 13.7. The summed E-state index contributed by atoms with van der Waals surface area (Å²) >= 11 is 0. The summed E-state index contributed by atoms with van der Waals surface area (Å²) in [7, 11) is 1.44. The van der Waals surface area contributed by atoms with Crippen molar-refractivity contribution in [2.45, 2.75) is 0 Å². The molecule has 0 atom stereocenters. The summed E-state index contributed by atoms with van der Waals surface area (Å²) in [6, 6.07) is 5.75. The summed E-state index contributed by atoms with van der Waals surface area (Å²) in [5.41, 5.74) is 0.712. The molecule has 2 aromatic rings. The van der Waals surface area contributed by atoms with Gasteiger partial charge in [0, 0.05) is 17.3 Å². The molecule has 0 aliphatic rings. The summed E-state index contributed by atoms with van der Waals surface area (Å²) in [5, 5.41) is 8.94. The smallest absolute Gasteiger partial charge is 0.335 e. The van der Waals surface area contributed by atoms with Crippen molar-refractivity contribution in [3.63, 3.8) is 0 Å². The molecule has 4 nitrogen and oxygen atoms in total. The molecule has 0 unspecified atom stereocenters. The lowest BCUT2D eigenvalue weighted by Crippen LogP contribution is -1.98. The van der Waals surface area contributed by atoms with Gasteiger partial charge in [-0.1, -0.05) is 0 Å². The topological polar surface area (TPSA) is 59.4 Å². The Hall–Kier alpha value is -2.43. The molecule has 0 aliphatic carbocycles. The third-order valence-corrected chi connectivity index (χ3v) is 2.51. The Morgan fingerprint density at radius 3 is 2.72 bits per heavy atom. The Labute approximate surface area is 103 Å². The number of aromatic nitrogens is 1. The first-order valence-corrected chi connectivity index (χ1v) is 5.14. The Balaban J connectivity index is 2.64. The third kappa shape index (κ3) is 2.15. The zero-order chi connectivity index (χ0) is 13.1. The number of hydrogen-bond donors (Lipinski definition) is 1. The van der Waals surface area contributed by atoms with Crippen molar-refractivity contribution in [1.82, 2.24) is 4.98 Å². The lowest BCUT2D eigenvalue weighted by molar-refractivity contribution is 0.0697. The van der Waals surface area contributed by atoms with E-state index in [0.717, 1.165) is 6.20 Å². The molecule has 0 spiro atoms. The van der Waals surface area contributed by atoms with Gasteiger partial charge in [0.15, 0.2) is 0 Å². The van der Waals surface area contributed by atoms with Gasteiger partial charge in [0.1, 0.15) is 11.6 Å². The van der Waals surface area contributed by atoms with E-state index in [1.165, 1.54) is 37.6 Å². The molecule has 5 heteroatoms. The second kappa shape index (κ2) is 4.83. The zero-order valence-corrected chi connectivity index (χ0v) is 9.55. The van der Waals surface area contributed by atoms with Crippen LogP contribution in [0.5, 0.6) is 5.75 Å². The van der Waals surface area contributed by atoms with Crippen molar-refractivity contribution in [3.05, 3.63) is 48.0 Å². The monoisotopic (exact) mass is 247 g/mol. The van der Waals surface area contributed by atoms with Crippen LogP contribution in [0.15, 0.2) is 36.7 Å². The van der Waals surface area contributed by atoms with Gasteiger partial charge < -0.3 is 9.84 Å². The first-order chi connectivity index (χ1) is 8.63. The van der Waals surface area contributed by atoms with Crippen molar-refractivity contribution in [2.75, 3.05) is 7.11 Å². The number of nitrogens with zero attached hydrogens (tertiary/aromatic N) is 1. The lowest BCUT2D eigenvalue weighted by Gasteiger charge is -2.10. The molecule has 0 saturated carbocycles. The van der Waals surface area contributed by atoms with E-state index in [1.54, 1.807) is 0 Å². The zero-order valence-electron chi connectivity index (χ0n) is 9.55. The molecule has 0 saturated heterocycles. The van der Waals surface area contributed by atoms with Gasteiger partial charge in [0.2, 0.25) is 0 Å². The third-order valence-electron chi connectivity index (χ3n) is 2.51. The predicted molar refractivity (Wildman–Crippen MR) is 63.1 cm³/mol. The van der Waals surface area contributed by atoms with E-state index in [-0.39, 0.29) is 11.1 Å². The van der Waals surface area contributed by atoms with Crippen LogP contribution in [-0.2, 0) is 0 Å². The molecule has 1 aromatic heterocycles. The molecule has 1 aromatic carbocycles. The van der Waals surface area contributed by atoms with E-state index in [0.29, 0.717) is 11.3 Å². The molecule has 1 N–H and O–H groups in total. The maximum atomic E-state index is 13.7. The summed E-state index contributed by atoms with van der Waals surface area (Å²) in [4.78, 5) is 14.6. The first kappa shape index (κ1) is 12.0. The van der Waals surface area contributed by atoms with Crippen molar-refractivity contribution in [3.8, 4) is 16.9 Å². The Morgan fingerprint density at radius 2 is 2.11 bits per heavy atom. The minimum absolute atomic E-state index is 0.0713. The number of halogens is 1. The second-order valence-electron chi connectivity index (χ2n) is 3.58. The molecule has 0 bridgehead atoms. The quantitative estimate of drug-likeness (QED) is 0.905. The fourth-order valence-electron chi connectivity index (χ4n) is 1.65. The van der Waals surface area contributed by atoms with E-state index in [1.807, 2.05) is 0 Å². The van der Waals surface area contributed by atoms with Crippen LogP contribution in [0, 0.1) is 5.82 Å². The standard InChI is InChI=1S/C13H10FNO3/c1-18-12-3-2-8(13(16)17)6-10(12)9-4-5-15-7-11(9)14/h2-7H,1H3,(H,16,17). The van der Waals surface area contributed by atoms with Gasteiger partial charge in [0.25, 0.3) is 0 Å². The van der Waals surface area contributed by atoms with Gasteiger partial charge in [-0.25, -0.2) is 9.18 Å². The molecular weight excluding hydrogens is 237 g/mol. The van der Waals surface area contributed by atoms with Crippen LogP contribution >= 0.6 is 0 Å². The normalized spacial score (nSPS) is 10.1. The average molecular weight is 247 g/mol. The molecule has 92 valence electrons. The minimum Gasteiger partial charge on any atom is -0.496 e. The minimum atomic E-state index is -1.08. The number of pyridine rings is 1. The predicted octanol–water partition coefficient (Wildman–Crippen LogP) is 2.59. The highest BCUT2D eigenvalue weighted by Gasteiger charge is 2.13. The fourth-order valence-corrected chi connectivity index (χ4v) is 1.65. The Bertz CT molecular complexity index is 599. The largest absolute Gasteiger partial charge is 0.496 e. The van der Waals surface area contributed by atoms with Crippen LogP contribution in [0.4, 0.5) is 4.39 Å². The number of hydrogen-bond acceptors (Lipinski definition) is 3. The van der Waals surface area contributed by atoms with Gasteiger partial charge in [0.05, 0.1) is 18.9 Å². The molecule has 0 aliphatic heterocycles. The average Bonchev–Trinajstić information content (AvgIpc) is 2.38. The van der Waals surface area contributed by atoms with E-state index in [2.05, 4.69) is 4.98 Å². The van der Waals surface area contributed by atoms with Gasteiger partial charge in [-0.3, -0.25) is 4.98 Å². The Kier molecular flexibility index (Phi) is 3.23. The van der Waals surface area contributed by atoms with E-state index < -0.39 is 11.8 Å². The lowest BCUT2D eigenvalue weighted by atomic mass is 10.0. The van der Waals surface area contributed by atoms with Crippen molar-refractivity contribution in [2.24, 2.45) is 0 Å². The number of aromatic carboxylic acids is 1. The number of ether oxygens (including phenoxy) is 1. The highest BCUT2D eigenvalue weighted by atomic mass is 19.1. The molecule has 1 heterocycles. The molecular formula is C13H10FNO3. The van der Waals surface area contributed by atoms with E-state index >= 15 is 0 Å². The number of carboxylic acid groups (broad SMARTS) is 1. The summed E-state index contributed by atoms with van der Waals surface area (Å²) in [6.07, 6.45) is 2.51. The highest BCUT2D eigenvalue weighted by molar-refractivity contribution is 5.90. The van der Waals surface area contributed by atoms with E-state index in [9.17, 15) is 9.18 Å². The molecule has 0 fully saturated rings. The van der Waals surface area contributed by atoms with Gasteiger partial charge in [-0.05, 0) is 24.3 Å². The van der Waals surface area contributed by atoms with Crippen LogP contribution in [0.25, 0.3) is 11.1 Å². The summed E-state index contributed by atoms with van der Waals surface area (Å²) < 4.78 is 18.8. The van der Waals surface area contributed by atoms with Gasteiger partial charge in [-0.15, -0.1) is 0 Å². The van der Waals surface area contributed by atoms with Crippen LogP contribution in [-0.4, -0.2) is 23.2 Å². The van der Waals surface area contributed by atoms with Crippen molar-refractivity contribution < 1.29 is 19.0 Å².